The predicted molar refractivity (Wildman–Crippen MR) is 105 cm³/mol. The maximum Gasteiger partial charge on any atom is 0.240 e. The van der Waals surface area contributed by atoms with Gasteiger partial charge in [0.2, 0.25) is 10.0 Å². The number of pyridine rings is 1. The quantitative estimate of drug-likeness (QED) is 0.691. The summed E-state index contributed by atoms with van der Waals surface area (Å²) < 4.78 is 33.7. The highest BCUT2D eigenvalue weighted by Gasteiger charge is 2.20. The Labute approximate surface area is 162 Å². The predicted octanol–water partition coefficient (Wildman–Crippen LogP) is 3.22. The van der Waals surface area contributed by atoms with Crippen LogP contribution >= 0.6 is 15.9 Å². The van der Waals surface area contributed by atoms with E-state index in [1.165, 1.54) is 0 Å². The van der Waals surface area contributed by atoms with E-state index in [0.717, 1.165) is 34.3 Å². The molecule has 1 aromatic heterocycles. The minimum absolute atomic E-state index is 0.0186. The first-order valence-electron chi connectivity index (χ1n) is 8.50. The van der Waals surface area contributed by atoms with Crippen molar-refractivity contribution >= 4 is 31.8 Å². The van der Waals surface area contributed by atoms with E-state index in [1.54, 1.807) is 18.3 Å². The lowest BCUT2D eigenvalue weighted by molar-refractivity contribution is 0.114. The number of benzene rings is 1. The van der Waals surface area contributed by atoms with Crippen molar-refractivity contribution in [3.8, 4) is 0 Å². The number of sulfonamides is 1. The fourth-order valence-corrected chi connectivity index (χ4v) is 4.30. The van der Waals surface area contributed by atoms with Gasteiger partial charge >= 0.3 is 0 Å². The van der Waals surface area contributed by atoms with Crippen molar-refractivity contribution in [2.45, 2.75) is 37.3 Å². The Morgan fingerprint density at radius 1 is 1.31 bits per heavy atom. The van der Waals surface area contributed by atoms with Gasteiger partial charge < -0.3 is 10.1 Å². The third kappa shape index (κ3) is 5.03. The van der Waals surface area contributed by atoms with E-state index in [4.69, 9.17) is 4.74 Å². The molecule has 8 heteroatoms. The van der Waals surface area contributed by atoms with Gasteiger partial charge in [-0.2, -0.15) is 0 Å². The number of anilines is 1. The molecule has 26 heavy (non-hydrogen) atoms. The Balaban J connectivity index is 1.58. The van der Waals surface area contributed by atoms with Crippen molar-refractivity contribution in [2.75, 3.05) is 18.5 Å². The average Bonchev–Trinajstić information content (AvgIpc) is 3.13. The average molecular weight is 440 g/mol. The van der Waals surface area contributed by atoms with Gasteiger partial charge in [0, 0.05) is 30.4 Å². The SMILES string of the molecule is Cc1cc(Br)cnc1NCc1ccc(S(=O)(=O)NCC2CCCO2)cc1. The van der Waals surface area contributed by atoms with Crippen LogP contribution in [0, 0.1) is 6.92 Å². The number of aromatic nitrogens is 1. The normalized spacial score (nSPS) is 17.4. The van der Waals surface area contributed by atoms with Crippen molar-refractivity contribution in [3.63, 3.8) is 0 Å². The van der Waals surface area contributed by atoms with Crippen LogP contribution in [0.2, 0.25) is 0 Å². The highest BCUT2D eigenvalue weighted by molar-refractivity contribution is 9.10. The molecule has 1 saturated heterocycles. The van der Waals surface area contributed by atoms with Crippen LogP contribution in [-0.2, 0) is 21.3 Å². The summed E-state index contributed by atoms with van der Waals surface area (Å²) in [5.74, 6) is 0.808. The second kappa shape index (κ2) is 8.47. The van der Waals surface area contributed by atoms with Crippen LogP contribution in [0.25, 0.3) is 0 Å². The molecule has 0 radical (unpaired) electrons. The zero-order valence-electron chi connectivity index (χ0n) is 14.5. The third-order valence-corrected chi connectivity index (χ3v) is 6.14. The van der Waals surface area contributed by atoms with E-state index in [2.05, 4.69) is 31.0 Å². The van der Waals surface area contributed by atoms with Gasteiger partial charge in [0.25, 0.3) is 0 Å². The maximum atomic E-state index is 12.4. The van der Waals surface area contributed by atoms with Gasteiger partial charge in [0.1, 0.15) is 5.82 Å². The molecule has 1 aliphatic rings. The first-order chi connectivity index (χ1) is 12.4. The molecule has 1 aromatic carbocycles. The van der Waals surface area contributed by atoms with E-state index in [0.29, 0.717) is 19.7 Å². The zero-order chi connectivity index (χ0) is 18.6. The molecule has 0 bridgehead atoms. The summed E-state index contributed by atoms with van der Waals surface area (Å²) in [5.41, 5.74) is 2.02. The number of hydrogen-bond donors (Lipinski definition) is 2. The van der Waals surface area contributed by atoms with Crippen molar-refractivity contribution < 1.29 is 13.2 Å². The molecule has 2 heterocycles. The molecule has 3 rings (SSSR count). The van der Waals surface area contributed by atoms with Gasteiger partial charge in [0.15, 0.2) is 0 Å². The smallest absolute Gasteiger partial charge is 0.240 e. The summed E-state index contributed by atoms with van der Waals surface area (Å²) in [5, 5.41) is 3.26. The second-order valence-corrected chi connectivity index (χ2v) is 8.99. The molecule has 6 nitrogen and oxygen atoms in total. The van der Waals surface area contributed by atoms with Crippen LogP contribution in [0.3, 0.4) is 0 Å². The number of hydrogen-bond acceptors (Lipinski definition) is 5. The van der Waals surface area contributed by atoms with E-state index in [-0.39, 0.29) is 11.0 Å². The summed E-state index contributed by atoms with van der Waals surface area (Å²) in [7, 11) is -3.51. The van der Waals surface area contributed by atoms with Crippen molar-refractivity contribution in [1.82, 2.24) is 9.71 Å². The Bertz CT molecular complexity index is 850. The molecule has 0 aliphatic carbocycles. The Kier molecular flexibility index (Phi) is 6.29. The van der Waals surface area contributed by atoms with E-state index in [1.807, 2.05) is 25.1 Å². The minimum atomic E-state index is -3.51. The zero-order valence-corrected chi connectivity index (χ0v) is 16.9. The summed E-state index contributed by atoms with van der Waals surface area (Å²) in [6, 6.07) is 8.85. The van der Waals surface area contributed by atoms with Crippen molar-refractivity contribution in [2.24, 2.45) is 0 Å². The van der Waals surface area contributed by atoms with Crippen LogP contribution in [0.5, 0.6) is 0 Å². The number of halogens is 1. The molecule has 1 atom stereocenters. The van der Waals surface area contributed by atoms with Gasteiger partial charge in [-0.15, -0.1) is 0 Å². The number of rotatable bonds is 7. The summed E-state index contributed by atoms with van der Waals surface area (Å²) in [6.45, 7) is 3.58. The van der Waals surface area contributed by atoms with E-state index >= 15 is 0 Å². The fraction of sp³-hybridized carbons (Fsp3) is 0.389. The lowest BCUT2D eigenvalue weighted by Crippen LogP contribution is -2.31. The number of aryl methyl sites for hydroxylation is 1. The first kappa shape index (κ1) is 19.3. The molecule has 1 aliphatic heterocycles. The highest BCUT2D eigenvalue weighted by Crippen LogP contribution is 2.18. The number of nitrogens with zero attached hydrogens (tertiary/aromatic N) is 1. The van der Waals surface area contributed by atoms with Crippen LogP contribution in [0.4, 0.5) is 5.82 Å². The third-order valence-electron chi connectivity index (χ3n) is 4.26. The minimum Gasteiger partial charge on any atom is -0.377 e. The van der Waals surface area contributed by atoms with Crippen molar-refractivity contribution in [1.29, 1.82) is 0 Å². The largest absolute Gasteiger partial charge is 0.377 e. The van der Waals surface area contributed by atoms with Crippen LogP contribution in [-0.4, -0.2) is 32.7 Å². The Hall–Kier alpha value is -1.48. The fourth-order valence-electron chi connectivity index (χ4n) is 2.79. The molecule has 0 saturated carbocycles. The highest BCUT2D eigenvalue weighted by atomic mass is 79.9. The lowest BCUT2D eigenvalue weighted by Gasteiger charge is -2.12. The van der Waals surface area contributed by atoms with Gasteiger partial charge in [-0.3, -0.25) is 0 Å². The molecule has 0 amide bonds. The summed E-state index contributed by atoms with van der Waals surface area (Å²) in [6.07, 6.45) is 3.61. The number of ether oxygens (including phenoxy) is 1. The number of nitrogens with one attached hydrogen (secondary N) is 2. The van der Waals surface area contributed by atoms with Gasteiger partial charge in [-0.1, -0.05) is 12.1 Å². The molecular formula is C18H22BrN3O3S. The summed E-state index contributed by atoms with van der Waals surface area (Å²) >= 11 is 3.39. The molecule has 1 fully saturated rings. The molecular weight excluding hydrogens is 418 g/mol. The molecule has 2 aromatic rings. The molecule has 1 unspecified atom stereocenters. The first-order valence-corrected chi connectivity index (χ1v) is 10.8. The van der Waals surface area contributed by atoms with E-state index < -0.39 is 10.0 Å². The topological polar surface area (TPSA) is 80.3 Å². The maximum absolute atomic E-state index is 12.4. The van der Waals surface area contributed by atoms with Gasteiger partial charge in [0.05, 0.1) is 11.0 Å². The summed E-state index contributed by atoms with van der Waals surface area (Å²) in [4.78, 5) is 4.60. The van der Waals surface area contributed by atoms with Gasteiger partial charge in [-0.25, -0.2) is 18.1 Å². The van der Waals surface area contributed by atoms with Crippen molar-refractivity contribution in [3.05, 3.63) is 52.1 Å². The monoisotopic (exact) mass is 439 g/mol. The van der Waals surface area contributed by atoms with Gasteiger partial charge in [-0.05, 0) is 65.0 Å². The van der Waals surface area contributed by atoms with Crippen LogP contribution in [0.15, 0.2) is 45.9 Å². The van der Waals surface area contributed by atoms with Crippen LogP contribution in [0.1, 0.15) is 24.0 Å². The van der Waals surface area contributed by atoms with Crippen LogP contribution < -0.4 is 10.0 Å². The second-order valence-electron chi connectivity index (χ2n) is 6.30. The Morgan fingerprint density at radius 2 is 2.08 bits per heavy atom. The van der Waals surface area contributed by atoms with E-state index in [9.17, 15) is 8.42 Å². The standard InChI is InChI=1S/C18H22BrN3O3S/c1-13-9-15(19)11-21-18(13)20-10-14-4-6-17(7-5-14)26(23,24)22-12-16-3-2-8-25-16/h4-7,9,11,16,22H,2-3,8,10,12H2,1H3,(H,20,21). The molecule has 0 spiro atoms. The molecule has 2 N–H and O–H groups in total. The lowest BCUT2D eigenvalue weighted by atomic mass is 10.2. The Morgan fingerprint density at radius 3 is 2.73 bits per heavy atom. The molecule has 140 valence electrons.